The van der Waals surface area contributed by atoms with Gasteiger partial charge in [-0.3, -0.25) is 0 Å². The van der Waals surface area contributed by atoms with Crippen LogP contribution in [0.25, 0.3) is 11.1 Å². The summed E-state index contributed by atoms with van der Waals surface area (Å²) in [5.41, 5.74) is 4.08. The van der Waals surface area contributed by atoms with Crippen LogP contribution < -0.4 is 0 Å². The molecule has 0 aromatic heterocycles. The first kappa shape index (κ1) is 12.5. The van der Waals surface area contributed by atoms with Gasteiger partial charge in [0.2, 0.25) is 0 Å². The van der Waals surface area contributed by atoms with Crippen molar-refractivity contribution in [2.24, 2.45) is 0 Å². The van der Waals surface area contributed by atoms with E-state index in [-0.39, 0.29) is 5.75 Å². The monoisotopic (exact) mass is 242 g/mol. The van der Waals surface area contributed by atoms with Crippen LogP contribution >= 0.6 is 0 Å². The van der Waals surface area contributed by atoms with Crippen LogP contribution in [0.5, 0.6) is 11.5 Å². The van der Waals surface area contributed by atoms with E-state index in [0.717, 1.165) is 35.1 Å². The molecule has 0 aliphatic rings. The maximum atomic E-state index is 10.1. The lowest BCUT2D eigenvalue weighted by Gasteiger charge is -2.11. The Kier molecular flexibility index (Phi) is 3.56. The second kappa shape index (κ2) is 5.13. The van der Waals surface area contributed by atoms with Crippen molar-refractivity contribution in [3.8, 4) is 22.6 Å². The van der Waals surface area contributed by atoms with Gasteiger partial charge in [0.1, 0.15) is 11.5 Å². The minimum Gasteiger partial charge on any atom is -0.508 e. The molecule has 0 heterocycles. The predicted octanol–water partition coefficient (Wildman–Crippen LogP) is 3.89. The third-order valence-corrected chi connectivity index (χ3v) is 3.23. The van der Waals surface area contributed by atoms with Crippen LogP contribution in [0.3, 0.4) is 0 Å². The van der Waals surface area contributed by atoms with Crippen molar-refractivity contribution in [3.63, 3.8) is 0 Å². The Hall–Kier alpha value is -1.96. The molecule has 0 unspecified atom stereocenters. The van der Waals surface area contributed by atoms with Crippen LogP contribution in [0.1, 0.15) is 25.0 Å². The highest BCUT2D eigenvalue weighted by Crippen LogP contribution is 2.31. The molecule has 0 amide bonds. The zero-order valence-corrected chi connectivity index (χ0v) is 10.8. The molecule has 0 saturated carbocycles. The molecule has 0 saturated heterocycles. The molecule has 0 spiro atoms. The Balaban J connectivity index is 2.54. The topological polar surface area (TPSA) is 40.5 Å². The molecule has 0 radical (unpaired) electrons. The number of rotatable bonds is 3. The number of benzene rings is 2. The maximum absolute atomic E-state index is 10.1. The molecule has 2 N–H and O–H groups in total. The quantitative estimate of drug-likeness (QED) is 0.857. The van der Waals surface area contributed by atoms with Gasteiger partial charge in [-0.2, -0.15) is 0 Å². The molecule has 0 aliphatic carbocycles. The van der Waals surface area contributed by atoms with Crippen LogP contribution in [0.4, 0.5) is 0 Å². The molecule has 2 aromatic carbocycles. The second-order valence-corrected chi connectivity index (χ2v) is 4.40. The molecule has 2 aromatic rings. The Labute approximate surface area is 108 Å². The van der Waals surface area contributed by atoms with Gasteiger partial charge < -0.3 is 10.2 Å². The number of aromatic hydroxyl groups is 2. The molecular weight excluding hydrogens is 224 g/mol. The van der Waals surface area contributed by atoms with E-state index < -0.39 is 0 Å². The fraction of sp³-hybridized carbons (Fsp3) is 0.250. The van der Waals surface area contributed by atoms with Gasteiger partial charge in [-0.15, -0.1) is 0 Å². The highest BCUT2D eigenvalue weighted by atomic mass is 16.3. The van der Waals surface area contributed by atoms with E-state index >= 15 is 0 Å². The Morgan fingerprint density at radius 1 is 0.778 bits per heavy atom. The summed E-state index contributed by atoms with van der Waals surface area (Å²) in [7, 11) is 0. The summed E-state index contributed by atoms with van der Waals surface area (Å²) in [5.74, 6) is 0.687. The number of aryl methyl sites for hydroxylation is 2. The highest BCUT2D eigenvalue weighted by Gasteiger charge is 2.08. The van der Waals surface area contributed by atoms with E-state index in [1.807, 2.05) is 38.1 Å². The predicted molar refractivity (Wildman–Crippen MR) is 74.0 cm³/mol. The lowest BCUT2D eigenvalue weighted by Crippen LogP contribution is -1.91. The van der Waals surface area contributed by atoms with Crippen molar-refractivity contribution in [2.45, 2.75) is 26.7 Å². The van der Waals surface area contributed by atoms with E-state index in [9.17, 15) is 10.2 Å². The summed E-state index contributed by atoms with van der Waals surface area (Å²) < 4.78 is 0. The first-order chi connectivity index (χ1) is 8.65. The van der Waals surface area contributed by atoms with Crippen LogP contribution in [0, 0.1) is 0 Å². The van der Waals surface area contributed by atoms with Crippen molar-refractivity contribution in [3.05, 3.63) is 47.5 Å². The van der Waals surface area contributed by atoms with E-state index in [2.05, 4.69) is 0 Å². The van der Waals surface area contributed by atoms with Gasteiger partial charge in [-0.25, -0.2) is 0 Å². The average Bonchev–Trinajstić information content (AvgIpc) is 2.40. The van der Waals surface area contributed by atoms with E-state index in [0.29, 0.717) is 5.75 Å². The minimum absolute atomic E-state index is 0.268. The maximum Gasteiger partial charge on any atom is 0.121 e. The largest absolute Gasteiger partial charge is 0.508 e. The van der Waals surface area contributed by atoms with Crippen molar-refractivity contribution in [2.75, 3.05) is 0 Å². The van der Waals surface area contributed by atoms with Gasteiger partial charge in [0.05, 0.1) is 0 Å². The summed E-state index contributed by atoms with van der Waals surface area (Å²) >= 11 is 0. The van der Waals surface area contributed by atoms with Crippen molar-refractivity contribution in [1.29, 1.82) is 0 Å². The summed E-state index contributed by atoms with van der Waals surface area (Å²) in [4.78, 5) is 0. The molecule has 2 nitrogen and oxygen atoms in total. The van der Waals surface area contributed by atoms with Gasteiger partial charge in [-0.1, -0.05) is 26.0 Å². The van der Waals surface area contributed by atoms with Crippen LogP contribution in [0.2, 0.25) is 0 Å². The van der Waals surface area contributed by atoms with E-state index in [1.54, 1.807) is 12.1 Å². The zero-order chi connectivity index (χ0) is 13.1. The van der Waals surface area contributed by atoms with Crippen molar-refractivity contribution < 1.29 is 10.2 Å². The van der Waals surface area contributed by atoms with Crippen molar-refractivity contribution in [1.82, 2.24) is 0 Å². The van der Waals surface area contributed by atoms with Crippen LogP contribution in [-0.4, -0.2) is 10.2 Å². The molecule has 2 heteroatoms. The lowest BCUT2D eigenvalue weighted by atomic mass is 9.96. The molecule has 0 fully saturated rings. The molecule has 0 atom stereocenters. The van der Waals surface area contributed by atoms with E-state index in [1.165, 1.54) is 0 Å². The average molecular weight is 242 g/mol. The van der Waals surface area contributed by atoms with Gasteiger partial charge >= 0.3 is 0 Å². The Morgan fingerprint density at radius 3 is 1.72 bits per heavy atom. The third-order valence-electron chi connectivity index (χ3n) is 3.23. The van der Waals surface area contributed by atoms with Gasteiger partial charge in [0.25, 0.3) is 0 Å². The van der Waals surface area contributed by atoms with Crippen LogP contribution in [0.15, 0.2) is 36.4 Å². The van der Waals surface area contributed by atoms with Gasteiger partial charge in [-0.05, 0) is 59.4 Å². The Bertz CT molecular complexity index is 517. The first-order valence-electron chi connectivity index (χ1n) is 6.29. The molecule has 2 rings (SSSR count). The summed E-state index contributed by atoms with van der Waals surface area (Å²) in [5, 5.41) is 19.4. The fourth-order valence-electron chi connectivity index (χ4n) is 2.12. The summed E-state index contributed by atoms with van der Waals surface area (Å²) in [6, 6.07) is 11.2. The lowest BCUT2D eigenvalue weighted by molar-refractivity contribution is 0.462. The fourth-order valence-corrected chi connectivity index (χ4v) is 2.12. The minimum atomic E-state index is 0.268. The highest BCUT2D eigenvalue weighted by molar-refractivity contribution is 5.68. The number of phenols is 2. The molecule has 94 valence electrons. The smallest absolute Gasteiger partial charge is 0.121 e. The van der Waals surface area contributed by atoms with E-state index in [4.69, 9.17) is 0 Å². The SMILES string of the molecule is CCc1cc(-c2ccc(O)cc2)cc(CC)c1O. The number of phenolic OH excluding ortho intramolecular Hbond substituents is 2. The molecule has 18 heavy (non-hydrogen) atoms. The summed E-state index contributed by atoms with van der Waals surface area (Å²) in [6.45, 7) is 4.07. The van der Waals surface area contributed by atoms with Gasteiger partial charge in [0.15, 0.2) is 0 Å². The normalized spacial score (nSPS) is 10.6. The molecule has 0 bridgehead atoms. The number of hydrogen-bond acceptors (Lipinski definition) is 2. The van der Waals surface area contributed by atoms with Gasteiger partial charge in [0, 0.05) is 0 Å². The number of hydrogen-bond donors (Lipinski definition) is 2. The third kappa shape index (κ3) is 2.33. The molecule has 0 aliphatic heterocycles. The van der Waals surface area contributed by atoms with Crippen LogP contribution in [-0.2, 0) is 12.8 Å². The Morgan fingerprint density at radius 2 is 1.28 bits per heavy atom. The second-order valence-electron chi connectivity index (χ2n) is 4.40. The zero-order valence-electron chi connectivity index (χ0n) is 10.8. The first-order valence-corrected chi connectivity index (χ1v) is 6.29. The van der Waals surface area contributed by atoms with Crippen molar-refractivity contribution >= 4 is 0 Å². The summed E-state index contributed by atoms with van der Waals surface area (Å²) in [6.07, 6.45) is 1.62. The standard InChI is InChI=1S/C16H18O2/c1-3-11-9-14(10-12(4-2)16(11)18)13-5-7-15(17)8-6-13/h5-10,17-18H,3-4H2,1-2H3. The molecular formula is C16H18O2.